The molecule has 0 unspecified atom stereocenters. The van der Waals surface area contributed by atoms with Crippen molar-refractivity contribution in [2.75, 3.05) is 5.32 Å². The Hall–Kier alpha value is -3.74. The van der Waals surface area contributed by atoms with Crippen LogP contribution in [0.15, 0.2) is 52.9 Å². The molecule has 0 spiro atoms. The number of carbonyl (C=O) groups excluding carboxylic acids is 1. The largest absolute Gasteiger partial charge is 0.441 e. The average molecular weight is 401 g/mol. The molecule has 152 valence electrons. The first-order chi connectivity index (χ1) is 14.4. The molecule has 2 aromatic carbocycles. The fourth-order valence-electron chi connectivity index (χ4n) is 3.21. The van der Waals surface area contributed by atoms with Gasteiger partial charge in [-0.05, 0) is 57.0 Å². The van der Waals surface area contributed by atoms with Crippen molar-refractivity contribution in [3.63, 3.8) is 0 Å². The van der Waals surface area contributed by atoms with Gasteiger partial charge in [-0.25, -0.2) is 9.67 Å². The van der Waals surface area contributed by atoms with E-state index in [1.807, 2.05) is 76.2 Å². The van der Waals surface area contributed by atoms with Gasteiger partial charge in [-0.2, -0.15) is 0 Å². The molecule has 0 aliphatic rings. The summed E-state index contributed by atoms with van der Waals surface area (Å²) in [6.07, 6.45) is 0. The molecule has 0 bridgehead atoms. The summed E-state index contributed by atoms with van der Waals surface area (Å²) in [5.74, 6) is 0.994. The van der Waals surface area contributed by atoms with Crippen molar-refractivity contribution < 1.29 is 9.21 Å². The number of carbonyl (C=O) groups is 1. The topological polar surface area (TPSA) is 85.8 Å². The van der Waals surface area contributed by atoms with E-state index in [9.17, 15) is 4.79 Å². The zero-order valence-corrected chi connectivity index (χ0v) is 17.4. The van der Waals surface area contributed by atoms with Crippen LogP contribution < -0.4 is 5.32 Å². The number of aryl methyl sites for hydroxylation is 2. The molecule has 1 amide bonds. The highest BCUT2D eigenvalue weighted by atomic mass is 16.4. The Kier molecular flexibility index (Phi) is 5.18. The molecule has 0 fully saturated rings. The van der Waals surface area contributed by atoms with Crippen LogP contribution >= 0.6 is 0 Å². The number of amides is 1. The number of rotatable bonds is 5. The van der Waals surface area contributed by atoms with Crippen LogP contribution in [0, 0.1) is 27.7 Å². The third-order valence-corrected chi connectivity index (χ3v) is 5.26. The summed E-state index contributed by atoms with van der Waals surface area (Å²) >= 11 is 0. The van der Waals surface area contributed by atoms with Gasteiger partial charge < -0.3 is 9.73 Å². The summed E-state index contributed by atoms with van der Waals surface area (Å²) < 4.78 is 7.48. The van der Waals surface area contributed by atoms with Crippen molar-refractivity contribution >= 4 is 11.6 Å². The van der Waals surface area contributed by atoms with Gasteiger partial charge in [0.1, 0.15) is 11.5 Å². The van der Waals surface area contributed by atoms with Gasteiger partial charge in [0.05, 0.1) is 12.2 Å². The SMILES string of the molecule is Cc1cccc(NC(=O)c2nnn(Cc3nc(-c4ccccc4)oc3C)c2C)c1C. The quantitative estimate of drug-likeness (QED) is 0.533. The van der Waals surface area contributed by atoms with E-state index in [4.69, 9.17) is 4.42 Å². The number of anilines is 1. The zero-order valence-electron chi connectivity index (χ0n) is 17.4. The molecule has 30 heavy (non-hydrogen) atoms. The first-order valence-corrected chi connectivity index (χ1v) is 9.73. The molecule has 0 saturated heterocycles. The van der Waals surface area contributed by atoms with Crippen LogP contribution in [-0.4, -0.2) is 25.9 Å². The van der Waals surface area contributed by atoms with Crippen molar-refractivity contribution in [3.05, 3.63) is 82.5 Å². The maximum absolute atomic E-state index is 12.8. The van der Waals surface area contributed by atoms with Crippen molar-refractivity contribution in [2.45, 2.75) is 34.2 Å². The predicted octanol–water partition coefficient (Wildman–Crippen LogP) is 4.47. The molecule has 2 aromatic heterocycles. The lowest BCUT2D eigenvalue weighted by Crippen LogP contribution is -2.15. The van der Waals surface area contributed by atoms with Crippen molar-refractivity contribution in [1.29, 1.82) is 0 Å². The third-order valence-electron chi connectivity index (χ3n) is 5.26. The maximum Gasteiger partial charge on any atom is 0.278 e. The van der Waals surface area contributed by atoms with Gasteiger partial charge in [-0.15, -0.1) is 5.10 Å². The van der Waals surface area contributed by atoms with Gasteiger partial charge in [-0.3, -0.25) is 4.79 Å². The van der Waals surface area contributed by atoms with Crippen LogP contribution in [0.4, 0.5) is 5.69 Å². The van der Waals surface area contributed by atoms with E-state index in [0.29, 0.717) is 29.6 Å². The molecule has 0 aliphatic heterocycles. The highest BCUT2D eigenvalue weighted by Crippen LogP contribution is 2.23. The molecule has 0 radical (unpaired) electrons. The Balaban J connectivity index is 1.55. The molecule has 4 aromatic rings. The minimum atomic E-state index is -0.283. The molecule has 2 heterocycles. The predicted molar refractivity (Wildman–Crippen MR) is 114 cm³/mol. The van der Waals surface area contributed by atoms with Gasteiger partial charge in [0.2, 0.25) is 5.89 Å². The van der Waals surface area contributed by atoms with E-state index in [-0.39, 0.29) is 5.91 Å². The van der Waals surface area contributed by atoms with Crippen LogP contribution in [0.2, 0.25) is 0 Å². The van der Waals surface area contributed by atoms with E-state index in [1.165, 1.54) is 0 Å². The summed E-state index contributed by atoms with van der Waals surface area (Å²) in [6, 6.07) is 15.5. The lowest BCUT2D eigenvalue weighted by Gasteiger charge is -2.09. The van der Waals surface area contributed by atoms with Crippen LogP contribution in [0.5, 0.6) is 0 Å². The van der Waals surface area contributed by atoms with E-state index < -0.39 is 0 Å². The lowest BCUT2D eigenvalue weighted by molar-refractivity contribution is 0.102. The Morgan fingerprint density at radius 3 is 2.57 bits per heavy atom. The molecular weight excluding hydrogens is 378 g/mol. The number of hydrogen-bond acceptors (Lipinski definition) is 5. The number of benzene rings is 2. The number of nitrogens with zero attached hydrogens (tertiary/aromatic N) is 4. The Morgan fingerprint density at radius 2 is 1.80 bits per heavy atom. The highest BCUT2D eigenvalue weighted by molar-refractivity contribution is 6.04. The lowest BCUT2D eigenvalue weighted by atomic mass is 10.1. The minimum absolute atomic E-state index is 0.283. The third kappa shape index (κ3) is 3.74. The smallest absolute Gasteiger partial charge is 0.278 e. The number of oxazole rings is 1. The van der Waals surface area contributed by atoms with Gasteiger partial charge in [0.15, 0.2) is 5.69 Å². The van der Waals surface area contributed by atoms with E-state index in [0.717, 1.165) is 28.1 Å². The van der Waals surface area contributed by atoms with E-state index in [1.54, 1.807) is 4.68 Å². The molecule has 1 N–H and O–H groups in total. The second-order valence-electron chi connectivity index (χ2n) is 7.27. The monoisotopic (exact) mass is 401 g/mol. The Morgan fingerprint density at radius 1 is 1.03 bits per heavy atom. The summed E-state index contributed by atoms with van der Waals surface area (Å²) in [5.41, 5.74) is 5.54. The van der Waals surface area contributed by atoms with Crippen LogP contribution in [0.3, 0.4) is 0 Å². The van der Waals surface area contributed by atoms with Gasteiger partial charge >= 0.3 is 0 Å². The second-order valence-corrected chi connectivity index (χ2v) is 7.27. The Labute approximate surface area is 174 Å². The van der Waals surface area contributed by atoms with Crippen molar-refractivity contribution in [3.8, 4) is 11.5 Å². The number of aromatic nitrogens is 4. The first-order valence-electron chi connectivity index (χ1n) is 9.73. The first kappa shape index (κ1) is 19.6. The van der Waals surface area contributed by atoms with Crippen molar-refractivity contribution in [2.24, 2.45) is 0 Å². The minimum Gasteiger partial charge on any atom is -0.441 e. The molecule has 0 atom stereocenters. The average Bonchev–Trinajstić information content (AvgIpc) is 3.29. The van der Waals surface area contributed by atoms with Gasteiger partial charge in [0.25, 0.3) is 5.91 Å². The van der Waals surface area contributed by atoms with E-state index in [2.05, 4.69) is 20.6 Å². The summed E-state index contributed by atoms with van der Waals surface area (Å²) in [5, 5.41) is 11.2. The van der Waals surface area contributed by atoms with Gasteiger partial charge in [-0.1, -0.05) is 35.5 Å². The zero-order chi connectivity index (χ0) is 21.3. The van der Waals surface area contributed by atoms with Crippen LogP contribution in [-0.2, 0) is 6.54 Å². The fraction of sp³-hybridized carbons (Fsp3) is 0.217. The maximum atomic E-state index is 12.8. The molecule has 0 aliphatic carbocycles. The molecular formula is C23H23N5O2. The highest BCUT2D eigenvalue weighted by Gasteiger charge is 2.19. The summed E-state index contributed by atoms with van der Waals surface area (Å²) in [6.45, 7) is 8.06. The standard InChI is InChI=1S/C23H23N5O2/c1-14-9-8-12-19(15(14)2)24-22(29)21-16(3)28(27-26-21)13-20-17(4)30-23(25-20)18-10-6-5-7-11-18/h5-12H,13H2,1-4H3,(H,24,29). The summed E-state index contributed by atoms with van der Waals surface area (Å²) in [4.78, 5) is 17.4. The molecule has 4 rings (SSSR count). The normalized spacial score (nSPS) is 10.9. The second kappa shape index (κ2) is 7.94. The van der Waals surface area contributed by atoms with Crippen molar-refractivity contribution in [1.82, 2.24) is 20.0 Å². The number of nitrogens with one attached hydrogen (secondary N) is 1. The number of hydrogen-bond donors (Lipinski definition) is 1. The Bertz CT molecular complexity index is 1210. The molecule has 0 saturated carbocycles. The van der Waals surface area contributed by atoms with E-state index >= 15 is 0 Å². The summed E-state index contributed by atoms with van der Waals surface area (Å²) in [7, 11) is 0. The molecule has 7 nitrogen and oxygen atoms in total. The van der Waals surface area contributed by atoms with Crippen LogP contribution in [0.1, 0.15) is 38.8 Å². The molecule has 7 heteroatoms. The fourth-order valence-corrected chi connectivity index (χ4v) is 3.21. The van der Waals surface area contributed by atoms with Gasteiger partial charge in [0, 0.05) is 11.3 Å². The van der Waals surface area contributed by atoms with Crippen LogP contribution in [0.25, 0.3) is 11.5 Å².